The van der Waals surface area contributed by atoms with Crippen LogP contribution in [0.2, 0.25) is 0 Å². The third kappa shape index (κ3) is 2.94. The normalized spacial score (nSPS) is 10.9. The van der Waals surface area contributed by atoms with Crippen LogP contribution in [0.3, 0.4) is 0 Å². The van der Waals surface area contributed by atoms with Crippen molar-refractivity contribution in [3.8, 4) is 6.07 Å². The molecule has 0 fully saturated rings. The summed E-state index contributed by atoms with van der Waals surface area (Å²) in [6.45, 7) is 8.61. The van der Waals surface area contributed by atoms with Gasteiger partial charge in [-0.15, -0.1) is 0 Å². The Balaban J connectivity index is 2.34. The number of hydrogen-bond acceptors (Lipinski definition) is 4. The Kier molecular flexibility index (Phi) is 3.71. The Morgan fingerprint density at radius 3 is 2.60 bits per heavy atom. The van der Waals surface area contributed by atoms with Crippen molar-refractivity contribution >= 4 is 11.5 Å². The molecule has 0 aliphatic heterocycles. The molecule has 0 atom stereocenters. The first-order valence-corrected chi connectivity index (χ1v) is 6.50. The first-order valence-electron chi connectivity index (χ1n) is 6.50. The number of rotatable bonds is 2. The van der Waals surface area contributed by atoms with Gasteiger partial charge in [0.15, 0.2) is 5.82 Å². The van der Waals surface area contributed by atoms with Gasteiger partial charge >= 0.3 is 0 Å². The maximum Gasteiger partial charge on any atom is 0.151 e. The summed E-state index contributed by atoms with van der Waals surface area (Å²) in [5, 5.41) is 12.2. The lowest BCUT2D eigenvalue weighted by atomic mass is 9.86. The molecule has 0 radical (unpaired) electrons. The third-order valence-electron chi connectivity index (χ3n) is 3.18. The van der Waals surface area contributed by atoms with Crippen LogP contribution in [0.15, 0.2) is 30.7 Å². The van der Waals surface area contributed by atoms with E-state index in [2.05, 4.69) is 54.3 Å². The largest absolute Gasteiger partial charge is 0.339 e. The van der Waals surface area contributed by atoms with Crippen molar-refractivity contribution in [2.24, 2.45) is 0 Å². The first kappa shape index (κ1) is 14.0. The average Bonchev–Trinajstić information content (AvgIpc) is 2.40. The number of aryl methyl sites for hydroxylation is 1. The molecule has 0 saturated carbocycles. The van der Waals surface area contributed by atoms with Crippen LogP contribution in [-0.2, 0) is 5.41 Å². The lowest BCUT2D eigenvalue weighted by molar-refractivity contribution is 0.590. The zero-order valence-electron chi connectivity index (χ0n) is 12.2. The summed E-state index contributed by atoms with van der Waals surface area (Å²) in [6, 6.07) is 8.37. The summed E-state index contributed by atoms with van der Waals surface area (Å²) in [5.74, 6) is 0.536. The number of nitrogens with one attached hydrogen (secondary N) is 1. The number of benzene rings is 1. The van der Waals surface area contributed by atoms with Gasteiger partial charge in [0, 0.05) is 5.69 Å². The zero-order valence-corrected chi connectivity index (χ0v) is 12.2. The summed E-state index contributed by atoms with van der Waals surface area (Å²) in [6.07, 6.45) is 2.94. The van der Waals surface area contributed by atoms with Crippen LogP contribution in [0, 0.1) is 18.3 Å². The molecule has 0 spiro atoms. The molecule has 0 aliphatic carbocycles. The van der Waals surface area contributed by atoms with Crippen molar-refractivity contribution in [3.63, 3.8) is 0 Å². The van der Waals surface area contributed by atoms with Crippen LogP contribution < -0.4 is 5.32 Å². The Morgan fingerprint density at radius 1 is 1.25 bits per heavy atom. The van der Waals surface area contributed by atoms with Gasteiger partial charge in [0.2, 0.25) is 0 Å². The highest BCUT2D eigenvalue weighted by Crippen LogP contribution is 2.28. The van der Waals surface area contributed by atoms with Crippen molar-refractivity contribution in [1.82, 2.24) is 9.97 Å². The van der Waals surface area contributed by atoms with E-state index in [1.54, 1.807) is 0 Å². The minimum Gasteiger partial charge on any atom is -0.339 e. The molecule has 4 heteroatoms. The van der Waals surface area contributed by atoms with Crippen LogP contribution >= 0.6 is 0 Å². The third-order valence-corrected chi connectivity index (χ3v) is 3.18. The molecule has 0 unspecified atom stereocenters. The summed E-state index contributed by atoms with van der Waals surface area (Å²) >= 11 is 0. The summed E-state index contributed by atoms with van der Waals surface area (Å²) in [4.78, 5) is 7.97. The van der Waals surface area contributed by atoms with Crippen molar-refractivity contribution < 1.29 is 0 Å². The van der Waals surface area contributed by atoms with Gasteiger partial charge in [-0.3, -0.25) is 0 Å². The van der Waals surface area contributed by atoms with E-state index in [4.69, 9.17) is 5.26 Å². The van der Waals surface area contributed by atoms with E-state index in [0.717, 1.165) is 11.3 Å². The van der Waals surface area contributed by atoms with Gasteiger partial charge in [-0.25, -0.2) is 9.97 Å². The number of hydrogen-bond donors (Lipinski definition) is 1. The quantitative estimate of drug-likeness (QED) is 0.900. The Hall–Kier alpha value is -2.41. The molecular formula is C16H18N4. The Labute approximate surface area is 119 Å². The topological polar surface area (TPSA) is 61.6 Å². The maximum atomic E-state index is 9.05. The second kappa shape index (κ2) is 5.30. The van der Waals surface area contributed by atoms with E-state index in [9.17, 15) is 0 Å². The van der Waals surface area contributed by atoms with Crippen LogP contribution in [0.25, 0.3) is 0 Å². The second-order valence-electron chi connectivity index (χ2n) is 5.80. The molecule has 0 bridgehead atoms. The van der Waals surface area contributed by atoms with E-state index in [0.29, 0.717) is 11.4 Å². The average molecular weight is 266 g/mol. The lowest BCUT2D eigenvalue weighted by Crippen LogP contribution is -2.11. The van der Waals surface area contributed by atoms with Crippen molar-refractivity contribution in [3.05, 3.63) is 47.4 Å². The standard InChI is InChI=1S/C16H18N4/c1-11-7-13(16(2,3)4)5-6-14(11)20-15-12(8-17)9-18-10-19-15/h5-7,9-10H,1-4H3,(H,18,19,20). The van der Waals surface area contributed by atoms with Crippen molar-refractivity contribution in [1.29, 1.82) is 5.26 Å². The maximum absolute atomic E-state index is 9.05. The molecule has 1 aromatic heterocycles. The number of nitriles is 1. The molecule has 4 nitrogen and oxygen atoms in total. The van der Waals surface area contributed by atoms with Crippen LogP contribution in [-0.4, -0.2) is 9.97 Å². The fourth-order valence-corrected chi connectivity index (χ4v) is 1.91. The predicted octanol–water partition coefficient (Wildman–Crippen LogP) is 3.70. The van der Waals surface area contributed by atoms with Crippen LogP contribution in [0.1, 0.15) is 37.5 Å². The van der Waals surface area contributed by atoms with Gasteiger partial charge in [0.05, 0.1) is 6.20 Å². The molecule has 0 aliphatic rings. The molecule has 0 amide bonds. The number of anilines is 2. The molecule has 1 heterocycles. The molecule has 1 N–H and O–H groups in total. The monoisotopic (exact) mass is 266 g/mol. The van der Waals surface area contributed by atoms with Gasteiger partial charge in [0.25, 0.3) is 0 Å². The highest BCUT2D eigenvalue weighted by atomic mass is 15.0. The fraction of sp³-hybridized carbons (Fsp3) is 0.312. The van der Waals surface area contributed by atoms with E-state index < -0.39 is 0 Å². The smallest absolute Gasteiger partial charge is 0.151 e. The minimum absolute atomic E-state index is 0.121. The summed E-state index contributed by atoms with van der Waals surface area (Å²) in [7, 11) is 0. The van der Waals surface area contributed by atoms with E-state index in [1.807, 2.05) is 13.0 Å². The molecule has 0 saturated heterocycles. The van der Waals surface area contributed by atoms with Gasteiger partial charge in [-0.05, 0) is 29.5 Å². The molecule has 20 heavy (non-hydrogen) atoms. The summed E-state index contributed by atoms with van der Waals surface area (Å²) in [5.41, 5.74) is 3.92. The highest BCUT2D eigenvalue weighted by molar-refractivity contribution is 5.65. The van der Waals surface area contributed by atoms with E-state index >= 15 is 0 Å². The van der Waals surface area contributed by atoms with Crippen molar-refractivity contribution in [2.45, 2.75) is 33.1 Å². The van der Waals surface area contributed by atoms with Gasteiger partial charge < -0.3 is 5.32 Å². The minimum atomic E-state index is 0.121. The lowest BCUT2D eigenvalue weighted by Gasteiger charge is -2.21. The van der Waals surface area contributed by atoms with Crippen LogP contribution in [0.4, 0.5) is 11.5 Å². The van der Waals surface area contributed by atoms with Crippen molar-refractivity contribution in [2.75, 3.05) is 5.32 Å². The molecular weight excluding hydrogens is 248 g/mol. The zero-order chi connectivity index (χ0) is 14.8. The van der Waals surface area contributed by atoms with Crippen LogP contribution in [0.5, 0.6) is 0 Å². The predicted molar refractivity (Wildman–Crippen MR) is 79.9 cm³/mol. The van der Waals surface area contributed by atoms with E-state index in [-0.39, 0.29) is 5.41 Å². The second-order valence-corrected chi connectivity index (χ2v) is 5.80. The molecule has 2 rings (SSSR count). The van der Waals surface area contributed by atoms with Gasteiger partial charge in [-0.2, -0.15) is 5.26 Å². The SMILES string of the molecule is Cc1cc(C(C)(C)C)ccc1Nc1ncncc1C#N. The van der Waals surface area contributed by atoms with E-state index in [1.165, 1.54) is 18.1 Å². The van der Waals surface area contributed by atoms with Gasteiger partial charge in [0.1, 0.15) is 18.0 Å². The molecule has 1 aromatic carbocycles. The summed E-state index contributed by atoms with van der Waals surface area (Å²) < 4.78 is 0. The fourth-order valence-electron chi connectivity index (χ4n) is 1.91. The first-order chi connectivity index (χ1) is 9.41. The molecule has 2 aromatic rings. The Bertz CT molecular complexity index is 663. The highest BCUT2D eigenvalue weighted by Gasteiger charge is 2.14. The Morgan fingerprint density at radius 2 is 2.00 bits per heavy atom. The number of nitrogens with zero attached hydrogens (tertiary/aromatic N) is 3. The van der Waals surface area contributed by atoms with Gasteiger partial charge in [-0.1, -0.05) is 32.9 Å². The number of aromatic nitrogens is 2. The molecule has 102 valence electrons.